The summed E-state index contributed by atoms with van der Waals surface area (Å²) >= 11 is 0. The smallest absolute Gasteiger partial charge is 0.396 e. The zero-order chi connectivity index (χ0) is 15.4. The molecule has 0 amide bonds. The van der Waals surface area contributed by atoms with Gasteiger partial charge < -0.3 is 10.4 Å². The van der Waals surface area contributed by atoms with Gasteiger partial charge in [0.25, 0.3) is 0 Å². The molecule has 0 aliphatic rings. The zero-order valence-corrected chi connectivity index (χ0v) is 10.3. The third-order valence-corrected chi connectivity index (χ3v) is 2.57. The van der Waals surface area contributed by atoms with Crippen LogP contribution >= 0.6 is 0 Å². The number of hydrogen-bond acceptors (Lipinski definition) is 2. The number of alkyl halides is 6. The number of hydrogen-bond donors (Lipinski definition) is 2. The average molecular weight is 301 g/mol. The highest BCUT2D eigenvalue weighted by molar-refractivity contribution is 5.35. The molecular formula is C12H13F6NO. The molecule has 0 saturated carbocycles. The maximum absolute atomic E-state index is 12.8. The first-order valence-electron chi connectivity index (χ1n) is 5.75. The highest BCUT2D eigenvalue weighted by Crippen LogP contribution is 2.37. The fraction of sp³-hybridized carbons (Fsp3) is 0.500. The lowest BCUT2D eigenvalue weighted by Gasteiger charge is -2.16. The van der Waals surface area contributed by atoms with Gasteiger partial charge in [-0.25, -0.2) is 0 Å². The molecule has 1 aromatic carbocycles. The lowest BCUT2D eigenvalue weighted by atomic mass is 10.0. The Bertz CT molecular complexity index is 441. The van der Waals surface area contributed by atoms with E-state index >= 15 is 0 Å². The maximum atomic E-state index is 12.8. The molecule has 0 radical (unpaired) electrons. The first-order chi connectivity index (χ1) is 9.16. The molecule has 0 aliphatic heterocycles. The molecule has 114 valence electrons. The quantitative estimate of drug-likeness (QED) is 0.646. The third-order valence-electron chi connectivity index (χ3n) is 2.57. The van der Waals surface area contributed by atoms with E-state index in [2.05, 4.69) is 5.32 Å². The van der Waals surface area contributed by atoms with Gasteiger partial charge in [0.2, 0.25) is 0 Å². The lowest BCUT2D eigenvalue weighted by molar-refractivity contribution is -0.143. The minimum absolute atomic E-state index is 0.114. The summed E-state index contributed by atoms with van der Waals surface area (Å²) in [7, 11) is 0. The van der Waals surface area contributed by atoms with Gasteiger partial charge in [0, 0.05) is 13.2 Å². The number of benzene rings is 1. The first kappa shape index (κ1) is 16.8. The summed E-state index contributed by atoms with van der Waals surface area (Å²) in [5.41, 5.74) is -2.89. The van der Waals surface area contributed by atoms with E-state index in [0.29, 0.717) is 12.5 Å². The third kappa shape index (κ3) is 4.68. The van der Waals surface area contributed by atoms with Gasteiger partial charge in [0.15, 0.2) is 0 Å². The summed E-state index contributed by atoms with van der Waals surface area (Å²) < 4.78 is 75.6. The Labute approximate surface area is 111 Å². The van der Waals surface area contributed by atoms with Crippen LogP contribution in [-0.2, 0) is 18.9 Å². The second-order valence-corrected chi connectivity index (χ2v) is 4.12. The van der Waals surface area contributed by atoms with Crippen molar-refractivity contribution in [3.63, 3.8) is 0 Å². The predicted molar refractivity (Wildman–Crippen MR) is 59.9 cm³/mol. The van der Waals surface area contributed by atoms with Crippen molar-refractivity contribution in [1.29, 1.82) is 0 Å². The van der Waals surface area contributed by atoms with E-state index in [1.165, 1.54) is 0 Å². The predicted octanol–water partition coefficient (Wildman–Crippen LogP) is 3.20. The highest BCUT2D eigenvalue weighted by Gasteiger charge is 2.37. The standard InChI is InChI=1S/C12H13F6NO/c13-11(14,15)9-3-2-8(7-19-4-1-5-20)10(6-9)12(16,17)18/h2-3,6,19-20H,1,4-5,7H2. The summed E-state index contributed by atoms with van der Waals surface area (Å²) in [6.07, 6.45) is -9.32. The van der Waals surface area contributed by atoms with Crippen LogP contribution in [0.25, 0.3) is 0 Å². The Morgan fingerprint density at radius 1 is 1.00 bits per heavy atom. The summed E-state index contributed by atoms with van der Waals surface area (Å²) in [6, 6.07) is 1.55. The van der Waals surface area contributed by atoms with Gasteiger partial charge in [-0.15, -0.1) is 0 Å². The molecule has 2 N–H and O–H groups in total. The normalized spacial score (nSPS) is 12.8. The second kappa shape index (κ2) is 6.45. The Kier molecular flexibility index (Phi) is 5.41. The van der Waals surface area contributed by atoms with Gasteiger partial charge in [0.05, 0.1) is 11.1 Å². The molecule has 0 fully saturated rings. The summed E-state index contributed by atoms with van der Waals surface area (Å²) in [6.45, 7) is -0.0616. The van der Waals surface area contributed by atoms with Gasteiger partial charge in [-0.2, -0.15) is 26.3 Å². The van der Waals surface area contributed by atoms with E-state index in [0.717, 1.165) is 6.07 Å². The lowest BCUT2D eigenvalue weighted by Crippen LogP contribution is -2.20. The fourth-order valence-corrected chi connectivity index (χ4v) is 1.60. The minimum atomic E-state index is -4.85. The van der Waals surface area contributed by atoms with Crippen LogP contribution < -0.4 is 5.32 Å². The molecule has 20 heavy (non-hydrogen) atoms. The first-order valence-corrected chi connectivity index (χ1v) is 5.75. The highest BCUT2D eigenvalue weighted by atomic mass is 19.4. The maximum Gasteiger partial charge on any atom is 0.416 e. The van der Waals surface area contributed by atoms with Crippen molar-refractivity contribution < 1.29 is 31.4 Å². The molecule has 0 spiro atoms. The van der Waals surface area contributed by atoms with Crippen LogP contribution in [0.2, 0.25) is 0 Å². The molecule has 0 bridgehead atoms. The molecule has 1 aromatic rings. The Hall–Kier alpha value is -1.28. The number of aliphatic hydroxyl groups excluding tert-OH is 1. The molecule has 0 aliphatic carbocycles. The molecule has 1 rings (SSSR count). The van der Waals surface area contributed by atoms with Crippen LogP contribution in [-0.4, -0.2) is 18.3 Å². The van der Waals surface area contributed by atoms with Crippen molar-refractivity contribution >= 4 is 0 Å². The summed E-state index contributed by atoms with van der Waals surface area (Å²) in [5.74, 6) is 0. The van der Waals surface area contributed by atoms with E-state index < -0.39 is 23.5 Å². The van der Waals surface area contributed by atoms with Crippen LogP contribution in [0.3, 0.4) is 0 Å². The van der Waals surface area contributed by atoms with E-state index in [4.69, 9.17) is 5.11 Å². The number of nitrogens with one attached hydrogen (secondary N) is 1. The minimum Gasteiger partial charge on any atom is -0.396 e. The SMILES string of the molecule is OCCCNCc1ccc(C(F)(F)F)cc1C(F)(F)F. The fourth-order valence-electron chi connectivity index (χ4n) is 1.60. The van der Waals surface area contributed by atoms with Crippen molar-refractivity contribution in [2.24, 2.45) is 0 Å². The number of halogens is 6. The Morgan fingerprint density at radius 3 is 2.15 bits per heavy atom. The topological polar surface area (TPSA) is 32.3 Å². The van der Waals surface area contributed by atoms with E-state index in [9.17, 15) is 26.3 Å². The molecule has 0 unspecified atom stereocenters. The Morgan fingerprint density at radius 2 is 1.65 bits per heavy atom. The number of aliphatic hydroxyl groups is 1. The summed E-state index contributed by atoms with van der Waals surface area (Å²) in [4.78, 5) is 0. The van der Waals surface area contributed by atoms with Gasteiger partial charge >= 0.3 is 12.4 Å². The molecule has 2 nitrogen and oxygen atoms in total. The van der Waals surface area contributed by atoms with E-state index in [-0.39, 0.29) is 31.3 Å². The average Bonchev–Trinajstić information content (AvgIpc) is 2.32. The largest absolute Gasteiger partial charge is 0.416 e. The van der Waals surface area contributed by atoms with Crippen LogP contribution in [0.1, 0.15) is 23.1 Å². The van der Waals surface area contributed by atoms with Gasteiger partial charge in [-0.3, -0.25) is 0 Å². The van der Waals surface area contributed by atoms with Crippen molar-refractivity contribution in [3.8, 4) is 0 Å². The monoisotopic (exact) mass is 301 g/mol. The van der Waals surface area contributed by atoms with Crippen LogP contribution in [0.15, 0.2) is 18.2 Å². The van der Waals surface area contributed by atoms with Crippen molar-refractivity contribution in [2.75, 3.05) is 13.2 Å². The van der Waals surface area contributed by atoms with Crippen molar-refractivity contribution in [1.82, 2.24) is 5.32 Å². The van der Waals surface area contributed by atoms with Crippen LogP contribution in [0, 0.1) is 0 Å². The molecule has 0 heterocycles. The molecule has 8 heteroatoms. The second-order valence-electron chi connectivity index (χ2n) is 4.12. The van der Waals surface area contributed by atoms with Gasteiger partial charge in [-0.05, 0) is 30.7 Å². The van der Waals surface area contributed by atoms with Crippen LogP contribution in [0.4, 0.5) is 26.3 Å². The van der Waals surface area contributed by atoms with E-state index in [1.54, 1.807) is 0 Å². The van der Waals surface area contributed by atoms with Gasteiger partial charge in [-0.1, -0.05) is 6.07 Å². The van der Waals surface area contributed by atoms with Gasteiger partial charge in [0.1, 0.15) is 0 Å². The van der Waals surface area contributed by atoms with Crippen LogP contribution in [0.5, 0.6) is 0 Å². The molecular weight excluding hydrogens is 288 g/mol. The number of rotatable bonds is 5. The zero-order valence-electron chi connectivity index (χ0n) is 10.3. The summed E-state index contributed by atoms with van der Waals surface area (Å²) in [5, 5.41) is 11.2. The Balaban J connectivity index is 2.99. The van der Waals surface area contributed by atoms with Crippen molar-refractivity contribution in [2.45, 2.75) is 25.3 Å². The van der Waals surface area contributed by atoms with Crippen molar-refractivity contribution in [3.05, 3.63) is 34.9 Å². The molecule has 0 aromatic heterocycles. The van der Waals surface area contributed by atoms with E-state index in [1.807, 2.05) is 0 Å². The molecule has 0 saturated heterocycles. The molecule has 0 atom stereocenters.